The van der Waals surface area contributed by atoms with Gasteiger partial charge in [-0.1, -0.05) is 28.1 Å². The quantitative estimate of drug-likeness (QED) is 0.546. The molecule has 0 aliphatic heterocycles. The first kappa shape index (κ1) is 19.0. The number of nitrogens with one attached hydrogen (secondary N) is 1. The van der Waals surface area contributed by atoms with Crippen molar-refractivity contribution < 1.29 is 19.4 Å². The van der Waals surface area contributed by atoms with Gasteiger partial charge < -0.3 is 14.6 Å². The van der Waals surface area contributed by atoms with Crippen molar-refractivity contribution in [1.82, 2.24) is 5.43 Å². The predicted octanol–water partition coefficient (Wildman–Crippen LogP) is 3.04. The number of amides is 1. The summed E-state index contributed by atoms with van der Waals surface area (Å²) in [5.74, 6) is 0.639. The average Bonchev–Trinajstić information content (AvgIpc) is 2.63. The molecule has 2 N–H and O–H groups in total. The van der Waals surface area contributed by atoms with Crippen molar-refractivity contribution in [2.45, 2.75) is 13.0 Å². The Hall–Kier alpha value is -2.38. The molecular formula is C18H19BrN2O4. The van der Waals surface area contributed by atoms with E-state index < -0.39 is 12.0 Å². The van der Waals surface area contributed by atoms with E-state index in [4.69, 9.17) is 9.47 Å². The lowest BCUT2D eigenvalue weighted by Gasteiger charge is -2.10. The zero-order valence-corrected chi connectivity index (χ0v) is 15.5. The lowest BCUT2D eigenvalue weighted by atomic mass is 10.1. The van der Waals surface area contributed by atoms with Crippen LogP contribution in [0.3, 0.4) is 0 Å². The first-order valence-corrected chi connectivity index (χ1v) is 8.41. The highest BCUT2D eigenvalue weighted by Gasteiger charge is 2.16. The number of hydrogen-bond acceptors (Lipinski definition) is 5. The summed E-state index contributed by atoms with van der Waals surface area (Å²) in [6, 6.07) is 12.1. The highest BCUT2D eigenvalue weighted by atomic mass is 79.9. The topological polar surface area (TPSA) is 80.2 Å². The number of halogens is 1. The van der Waals surface area contributed by atoms with Crippen LogP contribution in [0.5, 0.6) is 11.5 Å². The maximum absolute atomic E-state index is 12.0. The number of ether oxygens (including phenoxy) is 2. The van der Waals surface area contributed by atoms with E-state index in [-0.39, 0.29) is 0 Å². The summed E-state index contributed by atoms with van der Waals surface area (Å²) in [6.07, 6.45) is 0.140. The Balaban J connectivity index is 2.06. The van der Waals surface area contributed by atoms with E-state index in [2.05, 4.69) is 26.5 Å². The van der Waals surface area contributed by atoms with Gasteiger partial charge in [-0.15, -0.1) is 0 Å². The van der Waals surface area contributed by atoms with Crippen LogP contribution in [-0.4, -0.2) is 30.9 Å². The minimum atomic E-state index is -1.30. The van der Waals surface area contributed by atoms with Gasteiger partial charge in [0.15, 0.2) is 6.10 Å². The Morgan fingerprint density at radius 3 is 2.68 bits per heavy atom. The Labute approximate surface area is 154 Å². The molecule has 6 nitrogen and oxygen atoms in total. The SMILES string of the molecule is CCOc1ccc(OC)cc1/C=N\NC(=O)[C@@H](O)c1ccc(Br)cc1. The fourth-order valence-electron chi connectivity index (χ4n) is 2.06. The number of nitrogens with zero attached hydrogens (tertiary/aromatic N) is 1. The Morgan fingerprint density at radius 2 is 2.04 bits per heavy atom. The van der Waals surface area contributed by atoms with Crippen molar-refractivity contribution in [2.75, 3.05) is 13.7 Å². The Kier molecular flexibility index (Phi) is 6.97. The first-order valence-electron chi connectivity index (χ1n) is 7.62. The second-order valence-corrected chi connectivity index (χ2v) is 5.94. The molecule has 1 atom stereocenters. The molecule has 2 aromatic carbocycles. The number of carbonyl (C=O) groups excluding carboxylic acids is 1. The normalized spacial score (nSPS) is 12.0. The third-order valence-electron chi connectivity index (χ3n) is 3.33. The molecule has 0 radical (unpaired) electrons. The Morgan fingerprint density at radius 1 is 1.32 bits per heavy atom. The summed E-state index contributed by atoms with van der Waals surface area (Å²) < 4.78 is 11.5. The number of benzene rings is 2. The molecule has 0 aliphatic rings. The van der Waals surface area contributed by atoms with Crippen molar-refractivity contribution in [3.8, 4) is 11.5 Å². The van der Waals surface area contributed by atoms with Crippen LogP contribution in [0.25, 0.3) is 0 Å². The van der Waals surface area contributed by atoms with E-state index in [1.807, 2.05) is 6.92 Å². The molecule has 0 unspecified atom stereocenters. The molecular weight excluding hydrogens is 388 g/mol. The number of hydrogen-bond donors (Lipinski definition) is 2. The van der Waals surface area contributed by atoms with Crippen LogP contribution in [0.1, 0.15) is 24.2 Å². The summed E-state index contributed by atoms with van der Waals surface area (Å²) in [5.41, 5.74) is 3.45. The molecule has 0 saturated heterocycles. The Bertz CT molecular complexity index is 747. The summed E-state index contributed by atoms with van der Waals surface area (Å²) >= 11 is 3.30. The fourth-order valence-corrected chi connectivity index (χ4v) is 2.33. The maximum atomic E-state index is 12.0. The molecule has 0 saturated carbocycles. The molecule has 25 heavy (non-hydrogen) atoms. The molecule has 2 aromatic rings. The monoisotopic (exact) mass is 406 g/mol. The van der Waals surface area contributed by atoms with Crippen molar-refractivity contribution in [2.24, 2.45) is 5.10 Å². The van der Waals surface area contributed by atoms with E-state index in [0.29, 0.717) is 29.2 Å². The second-order valence-electron chi connectivity index (χ2n) is 5.03. The molecule has 0 spiro atoms. The van der Waals surface area contributed by atoms with Gasteiger partial charge in [0.25, 0.3) is 5.91 Å². The molecule has 132 valence electrons. The number of aliphatic hydroxyl groups excluding tert-OH is 1. The summed E-state index contributed by atoms with van der Waals surface area (Å²) in [5, 5.41) is 13.9. The van der Waals surface area contributed by atoms with Crippen LogP contribution in [-0.2, 0) is 4.79 Å². The molecule has 0 fully saturated rings. The van der Waals surface area contributed by atoms with Gasteiger partial charge in [-0.2, -0.15) is 5.10 Å². The molecule has 0 heterocycles. The summed E-state index contributed by atoms with van der Waals surface area (Å²) in [6.45, 7) is 2.38. The third kappa shape index (κ3) is 5.30. The third-order valence-corrected chi connectivity index (χ3v) is 3.86. The van der Waals surface area contributed by atoms with Crippen molar-refractivity contribution in [1.29, 1.82) is 0 Å². The molecule has 2 rings (SSSR count). The number of aliphatic hydroxyl groups is 1. The van der Waals surface area contributed by atoms with Crippen LogP contribution in [0.2, 0.25) is 0 Å². The van der Waals surface area contributed by atoms with Crippen molar-refractivity contribution >= 4 is 28.1 Å². The zero-order chi connectivity index (χ0) is 18.2. The van der Waals surface area contributed by atoms with E-state index in [0.717, 1.165) is 4.47 Å². The van der Waals surface area contributed by atoms with Crippen molar-refractivity contribution in [3.05, 3.63) is 58.1 Å². The highest BCUT2D eigenvalue weighted by molar-refractivity contribution is 9.10. The fraction of sp³-hybridized carbons (Fsp3) is 0.222. The first-order chi connectivity index (χ1) is 12.0. The van der Waals surface area contributed by atoms with E-state index in [9.17, 15) is 9.90 Å². The zero-order valence-electron chi connectivity index (χ0n) is 13.9. The van der Waals surface area contributed by atoms with Crippen molar-refractivity contribution in [3.63, 3.8) is 0 Å². The lowest BCUT2D eigenvalue weighted by Crippen LogP contribution is -2.25. The van der Waals surface area contributed by atoms with Gasteiger partial charge in [0.05, 0.1) is 19.9 Å². The van der Waals surface area contributed by atoms with Gasteiger partial charge in [0, 0.05) is 10.0 Å². The minimum Gasteiger partial charge on any atom is -0.497 e. The van der Waals surface area contributed by atoms with Gasteiger partial charge in [0.2, 0.25) is 0 Å². The maximum Gasteiger partial charge on any atom is 0.273 e. The predicted molar refractivity (Wildman–Crippen MR) is 99.0 cm³/mol. The van der Waals surface area contributed by atoms with Crippen LogP contribution in [0, 0.1) is 0 Å². The number of carbonyl (C=O) groups is 1. The standard InChI is InChI=1S/C18H19BrN2O4/c1-3-25-16-9-8-15(24-2)10-13(16)11-20-21-18(23)17(22)12-4-6-14(19)7-5-12/h4-11,17,22H,3H2,1-2H3,(H,21,23)/b20-11-/t17-/m0/s1. The smallest absolute Gasteiger partial charge is 0.273 e. The summed E-state index contributed by atoms with van der Waals surface area (Å²) in [7, 11) is 1.56. The van der Waals surface area contributed by atoms with E-state index in [1.54, 1.807) is 49.6 Å². The minimum absolute atomic E-state index is 0.479. The van der Waals surface area contributed by atoms with Gasteiger partial charge in [-0.05, 0) is 42.8 Å². The van der Waals surface area contributed by atoms with E-state index >= 15 is 0 Å². The van der Waals surface area contributed by atoms with Crippen LogP contribution in [0.4, 0.5) is 0 Å². The molecule has 0 aromatic heterocycles. The molecule has 1 amide bonds. The number of rotatable bonds is 7. The highest BCUT2D eigenvalue weighted by Crippen LogP contribution is 2.22. The van der Waals surface area contributed by atoms with Crippen LogP contribution < -0.4 is 14.9 Å². The summed E-state index contributed by atoms with van der Waals surface area (Å²) in [4.78, 5) is 12.0. The largest absolute Gasteiger partial charge is 0.497 e. The van der Waals surface area contributed by atoms with Gasteiger partial charge >= 0.3 is 0 Å². The molecule has 0 bridgehead atoms. The second kappa shape index (κ2) is 9.19. The number of methoxy groups -OCH3 is 1. The van der Waals surface area contributed by atoms with Crippen LogP contribution >= 0.6 is 15.9 Å². The number of hydrazone groups is 1. The van der Waals surface area contributed by atoms with Gasteiger partial charge in [-0.25, -0.2) is 5.43 Å². The van der Waals surface area contributed by atoms with Gasteiger partial charge in [0.1, 0.15) is 11.5 Å². The molecule has 7 heteroatoms. The van der Waals surface area contributed by atoms with Crippen LogP contribution in [0.15, 0.2) is 52.0 Å². The molecule has 0 aliphatic carbocycles. The van der Waals surface area contributed by atoms with Gasteiger partial charge in [-0.3, -0.25) is 4.79 Å². The average molecular weight is 407 g/mol. The lowest BCUT2D eigenvalue weighted by molar-refractivity contribution is -0.129. The van der Waals surface area contributed by atoms with E-state index in [1.165, 1.54) is 6.21 Å².